The number of carbonyl (C=O) groups excluding carboxylic acids is 1. The van der Waals surface area contributed by atoms with Gasteiger partial charge in [0, 0.05) is 24.0 Å². The third-order valence-corrected chi connectivity index (χ3v) is 8.25. The van der Waals surface area contributed by atoms with Crippen molar-refractivity contribution in [2.75, 3.05) is 18.4 Å². The fourth-order valence-corrected chi connectivity index (χ4v) is 5.83. The lowest BCUT2D eigenvalue weighted by atomic mass is 9.97. The zero-order valence-electron chi connectivity index (χ0n) is 14.8. The fourth-order valence-electron chi connectivity index (χ4n) is 3.03. The molecule has 1 heterocycles. The summed E-state index contributed by atoms with van der Waals surface area (Å²) in [6.07, 6.45) is 0.699. The Morgan fingerprint density at radius 2 is 1.52 bits per heavy atom. The van der Waals surface area contributed by atoms with E-state index in [4.69, 9.17) is 58.0 Å². The zero-order chi connectivity index (χ0) is 21.3. The van der Waals surface area contributed by atoms with E-state index in [0.717, 1.165) is 0 Å². The third-order valence-electron chi connectivity index (χ3n) is 4.60. The molecule has 1 amide bonds. The Hall–Kier alpha value is -0.730. The van der Waals surface area contributed by atoms with E-state index >= 15 is 0 Å². The van der Waals surface area contributed by atoms with Crippen molar-refractivity contribution in [3.05, 3.63) is 55.4 Å². The molecule has 2 aromatic carbocycles. The van der Waals surface area contributed by atoms with Crippen molar-refractivity contribution in [3.8, 4) is 0 Å². The average molecular weight is 517 g/mol. The SMILES string of the molecule is O=C(Nc1cc(Cl)c(Cl)cc1Cl)C1CCN(S(=O)(=O)c2cc(Cl)ccc2Cl)CC1. The highest BCUT2D eigenvalue weighted by Crippen LogP contribution is 2.34. The number of anilines is 1. The van der Waals surface area contributed by atoms with Crippen LogP contribution in [0.15, 0.2) is 35.2 Å². The second kappa shape index (κ2) is 9.18. The molecule has 0 aromatic heterocycles. The zero-order valence-corrected chi connectivity index (χ0v) is 19.4. The van der Waals surface area contributed by atoms with Crippen LogP contribution in [0.1, 0.15) is 12.8 Å². The minimum absolute atomic E-state index is 0.0443. The predicted molar refractivity (Wildman–Crippen MR) is 118 cm³/mol. The molecule has 1 saturated heterocycles. The lowest BCUT2D eigenvalue weighted by Crippen LogP contribution is -2.41. The molecule has 1 aliphatic rings. The van der Waals surface area contributed by atoms with Gasteiger partial charge in [-0.2, -0.15) is 4.31 Å². The molecule has 1 aliphatic heterocycles. The molecule has 0 unspecified atom stereocenters. The molecule has 2 aromatic rings. The van der Waals surface area contributed by atoms with Gasteiger partial charge in [0.1, 0.15) is 4.90 Å². The van der Waals surface area contributed by atoms with Gasteiger partial charge in [-0.25, -0.2) is 8.42 Å². The van der Waals surface area contributed by atoms with Crippen LogP contribution in [0.4, 0.5) is 5.69 Å². The van der Waals surface area contributed by atoms with E-state index < -0.39 is 10.0 Å². The van der Waals surface area contributed by atoms with Gasteiger partial charge in [0.05, 0.1) is 25.8 Å². The van der Waals surface area contributed by atoms with Crippen molar-refractivity contribution in [1.29, 1.82) is 0 Å². The number of hydrogen-bond acceptors (Lipinski definition) is 3. The first-order valence-electron chi connectivity index (χ1n) is 8.50. The second-order valence-electron chi connectivity index (χ2n) is 6.49. The van der Waals surface area contributed by atoms with Gasteiger partial charge in [0.25, 0.3) is 0 Å². The van der Waals surface area contributed by atoms with Crippen LogP contribution in [-0.2, 0) is 14.8 Å². The first-order valence-corrected chi connectivity index (χ1v) is 11.8. The van der Waals surface area contributed by atoms with Crippen LogP contribution in [0.3, 0.4) is 0 Å². The van der Waals surface area contributed by atoms with Crippen molar-refractivity contribution in [2.24, 2.45) is 5.92 Å². The van der Waals surface area contributed by atoms with Gasteiger partial charge in [0.2, 0.25) is 15.9 Å². The minimum atomic E-state index is -3.81. The molecule has 1 N–H and O–H groups in total. The highest BCUT2D eigenvalue weighted by Gasteiger charge is 2.33. The standard InChI is InChI=1S/C18H15Cl5N2O3S/c19-11-1-2-12(20)17(7-11)29(27,28)25-5-3-10(4-6-25)18(26)24-16-9-14(22)13(21)8-15(16)23/h1-2,7-10H,3-6H2,(H,24,26). The van der Waals surface area contributed by atoms with Crippen LogP contribution in [0, 0.1) is 5.92 Å². The summed E-state index contributed by atoms with van der Waals surface area (Å²) in [6, 6.07) is 7.21. The molecule has 0 bridgehead atoms. The van der Waals surface area contributed by atoms with E-state index in [1.54, 1.807) is 0 Å². The van der Waals surface area contributed by atoms with Crippen molar-refractivity contribution in [3.63, 3.8) is 0 Å². The van der Waals surface area contributed by atoms with E-state index in [2.05, 4.69) is 5.32 Å². The number of benzene rings is 2. The molecule has 1 fully saturated rings. The summed E-state index contributed by atoms with van der Waals surface area (Å²) < 4.78 is 27.1. The number of hydrogen-bond donors (Lipinski definition) is 1. The van der Waals surface area contributed by atoms with Crippen LogP contribution in [-0.4, -0.2) is 31.7 Å². The maximum absolute atomic E-state index is 12.9. The summed E-state index contributed by atoms with van der Waals surface area (Å²) in [7, 11) is -3.81. The highest BCUT2D eigenvalue weighted by atomic mass is 35.5. The lowest BCUT2D eigenvalue weighted by molar-refractivity contribution is -0.120. The molecule has 5 nitrogen and oxygen atoms in total. The van der Waals surface area contributed by atoms with Gasteiger partial charge in [-0.1, -0.05) is 58.0 Å². The number of piperidine rings is 1. The average Bonchev–Trinajstić information content (AvgIpc) is 2.68. The monoisotopic (exact) mass is 514 g/mol. The Labute approximate surface area is 193 Å². The van der Waals surface area contributed by atoms with Gasteiger partial charge < -0.3 is 5.32 Å². The Balaban J connectivity index is 1.68. The van der Waals surface area contributed by atoms with Gasteiger partial charge in [-0.15, -0.1) is 0 Å². The molecule has 0 radical (unpaired) electrons. The maximum atomic E-state index is 12.9. The Kier molecular flexibility index (Phi) is 7.27. The van der Waals surface area contributed by atoms with Crippen molar-refractivity contribution < 1.29 is 13.2 Å². The van der Waals surface area contributed by atoms with Crippen molar-refractivity contribution >= 4 is 79.6 Å². The van der Waals surface area contributed by atoms with E-state index in [1.807, 2.05) is 0 Å². The first kappa shape index (κ1) is 22.9. The highest BCUT2D eigenvalue weighted by molar-refractivity contribution is 7.89. The molecule has 3 rings (SSSR count). The minimum Gasteiger partial charge on any atom is -0.324 e. The van der Waals surface area contributed by atoms with Gasteiger partial charge in [-0.3, -0.25) is 4.79 Å². The van der Waals surface area contributed by atoms with Crippen molar-refractivity contribution in [2.45, 2.75) is 17.7 Å². The first-order chi connectivity index (χ1) is 13.6. The van der Waals surface area contributed by atoms with Crippen LogP contribution >= 0.6 is 58.0 Å². The normalized spacial score (nSPS) is 16.0. The quantitative estimate of drug-likeness (QED) is 0.508. The number of amides is 1. The number of nitrogens with zero attached hydrogens (tertiary/aromatic N) is 1. The maximum Gasteiger partial charge on any atom is 0.244 e. The molecule has 156 valence electrons. The molecule has 11 heteroatoms. The molecule has 0 aliphatic carbocycles. The molecule has 29 heavy (non-hydrogen) atoms. The lowest BCUT2D eigenvalue weighted by Gasteiger charge is -2.30. The smallest absolute Gasteiger partial charge is 0.244 e. The second-order valence-corrected chi connectivity index (χ2v) is 10.5. The number of carbonyl (C=O) groups is 1. The van der Waals surface area contributed by atoms with E-state index in [9.17, 15) is 13.2 Å². The summed E-state index contributed by atoms with van der Waals surface area (Å²) in [5.41, 5.74) is 0.354. The van der Waals surface area contributed by atoms with E-state index in [0.29, 0.717) is 18.5 Å². The number of nitrogens with one attached hydrogen (secondary N) is 1. The fraction of sp³-hybridized carbons (Fsp3) is 0.278. The van der Waals surface area contributed by atoms with Crippen LogP contribution in [0.25, 0.3) is 0 Å². The van der Waals surface area contributed by atoms with Gasteiger partial charge >= 0.3 is 0 Å². The molecule has 0 saturated carbocycles. The van der Waals surface area contributed by atoms with Crippen LogP contribution < -0.4 is 5.32 Å². The van der Waals surface area contributed by atoms with E-state index in [-0.39, 0.29) is 54.9 Å². The third kappa shape index (κ3) is 5.13. The number of rotatable bonds is 4. The summed E-state index contributed by atoms with van der Waals surface area (Å²) >= 11 is 29.9. The van der Waals surface area contributed by atoms with Gasteiger partial charge in [0.15, 0.2) is 0 Å². The number of halogens is 5. The summed E-state index contributed by atoms with van der Waals surface area (Å²) in [5, 5.41) is 3.93. The summed E-state index contributed by atoms with van der Waals surface area (Å²) in [6.45, 7) is 0.358. The molecule has 0 atom stereocenters. The molecular formula is C18H15Cl5N2O3S. The van der Waals surface area contributed by atoms with Crippen molar-refractivity contribution in [1.82, 2.24) is 4.31 Å². The Morgan fingerprint density at radius 1 is 0.897 bits per heavy atom. The Morgan fingerprint density at radius 3 is 2.17 bits per heavy atom. The summed E-state index contributed by atoms with van der Waals surface area (Å²) in [5.74, 6) is -0.634. The topological polar surface area (TPSA) is 66.5 Å². The predicted octanol–water partition coefficient (Wildman–Crippen LogP) is 5.99. The largest absolute Gasteiger partial charge is 0.324 e. The van der Waals surface area contributed by atoms with E-state index in [1.165, 1.54) is 34.6 Å². The summed E-state index contributed by atoms with van der Waals surface area (Å²) in [4.78, 5) is 12.5. The van der Waals surface area contributed by atoms with Crippen LogP contribution in [0.2, 0.25) is 25.1 Å². The Bertz CT molecular complexity index is 1050. The van der Waals surface area contributed by atoms with Gasteiger partial charge in [-0.05, 0) is 43.2 Å². The molecule has 0 spiro atoms. The molecular weight excluding hydrogens is 502 g/mol. The van der Waals surface area contributed by atoms with Crippen LogP contribution in [0.5, 0.6) is 0 Å². The number of sulfonamides is 1.